The highest BCUT2D eigenvalue weighted by Gasteiger charge is 2.16. The molecule has 1 aliphatic rings. The van der Waals surface area contributed by atoms with Crippen LogP contribution in [0.5, 0.6) is 0 Å². The Morgan fingerprint density at radius 3 is 2.44 bits per heavy atom. The van der Waals surface area contributed by atoms with E-state index in [1.807, 2.05) is 30.8 Å². The Morgan fingerprint density at radius 1 is 1.17 bits per heavy atom. The van der Waals surface area contributed by atoms with Gasteiger partial charge in [-0.2, -0.15) is 26.7 Å². The summed E-state index contributed by atoms with van der Waals surface area (Å²) in [7, 11) is 3.77. The molecule has 1 aromatic heterocycles. The van der Waals surface area contributed by atoms with E-state index in [1.165, 1.54) is 11.5 Å². The van der Waals surface area contributed by atoms with Crippen molar-refractivity contribution in [2.24, 2.45) is 5.84 Å². The number of nitrogens with zero attached hydrogens (tertiary/aromatic N) is 4. The third-order valence-electron chi connectivity index (χ3n) is 2.71. The van der Waals surface area contributed by atoms with Crippen molar-refractivity contribution in [3.8, 4) is 0 Å². The van der Waals surface area contributed by atoms with Gasteiger partial charge in [0.05, 0.1) is 0 Å². The highest BCUT2D eigenvalue weighted by Crippen LogP contribution is 2.20. The third kappa shape index (κ3) is 3.36. The summed E-state index contributed by atoms with van der Waals surface area (Å²) in [5.74, 6) is 9.29. The maximum atomic E-state index is 5.37. The molecule has 8 heteroatoms. The van der Waals surface area contributed by atoms with E-state index < -0.39 is 0 Å². The van der Waals surface area contributed by atoms with E-state index in [1.54, 1.807) is 0 Å². The Bertz CT molecular complexity index is 392. The Kier molecular flexibility index (Phi) is 4.43. The van der Waals surface area contributed by atoms with Crippen LogP contribution >= 0.6 is 11.8 Å². The lowest BCUT2D eigenvalue weighted by atomic mass is 10.2. The molecule has 0 radical (unpaired) electrons. The molecule has 0 amide bonds. The Balaban J connectivity index is 2.12. The summed E-state index contributed by atoms with van der Waals surface area (Å²) < 4.78 is 0. The van der Waals surface area contributed by atoms with Gasteiger partial charge >= 0.3 is 0 Å². The molecular formula is C10H19N7S. The van der Waals surface area contributed by atoms with Crippen molar-refractivity contribution in [3.63, 3.8) is 0 Å². The van der Waals surface area contributed by atoms with E-state index in [-0.39, 0.29) is 0 Å². The lowest BCUT2D eigenvalue weighted by Crippen LogP contribution is -2.27. The van der Waals surface area contributed by atoms with Crippen molar-refractivity contribution in [2.75, 3.05) is 41.2 Å². The van der Waals surface area contributed by atoms with Crippen molar-refractivity contribution in [1.82, 2.24) is 15.0 Å². The van der Waals surface area contributed by atoms with Gasteiger partial charge in [-0.1, -0.05) is 0 Å². The summed E-state index contributed by atoms with van der Waals surface area (Å²) in [6.45, 7) is 0. The van der Waals surface area contributed by atoms with Crippen molar-refractivity contribution < 1.29 is 0 Å². The first-order chi connectivity index (χ1) is 8.69. The van der Waals surface area contributed by atoms with Crippen LogP contribution in [0.2, 0.25) is 0 Å². The minimum atomic E-state index is 0.376. The molecule has 2 heterocycles. The molecule has 7 nitrogen and oxygen atoms in total. The SMILES string of the molecule is CN(C)c1nc(NN)nc(NC2CCSCC2)n1. The second kappa shape index (κ2) is 6.05. The summed E-state index contributed by atoms with van der Waals surface area (Å²) >= 11 is 1.99. The molecule has 0 unspecified atom stereocenters. The summed E-state index contributed by atoms with van der Waals surface area (Å²) in [4.78, 5) is 14.6. The quantitative estimate of drug-likeness (QED) is 0.538. The van der Waals surface area contributed by atoms with Gasteiger partial charge in [-0.15, -0.1) is 0 Å². The average molecular weight is 269 g/mol. The predicted molar refractivity (Wildman–Crippen MR) is 75.9 cm³/mol. The molecule has 100 valence electrons. The second-order valence-electron chi connectivity index (χ2n) is 4.35. The van der Waals surface area contributed by atoms with Crippen LogP contribution < -0.4 is 21.5 Å². The summed E-state index contributed by atoms with van der Waals surface area (Å²) in [6, 6.07) is 0.439. The molecular weight excluding hydrogens is 250 g/mol. The third-order valence-corrected chi connectivity index (χ3v) is 3.76. The first-order valence-electron chi connectivity index (χ1n) is 5.93. The minimum absolute atomic E-state index is 0.376. The zero-order chi connectivity index (χ0) is 13.0. The molecule has 18 heavy (non-hydrogen) atoms. The number of nitrogen functional groups attached to an aromatic ring is 1. The van der Waals surface area contributed by atoms with Gasteiger partial charge in [-0.05, 0) is 24.3 Å². The van der Waals surface area contributed by atoms with Crippen LogP contribution in [0.25, 0.3) is 0 Å². The number of hydrogen-bond donors (Lipinski definition) is 3. The van der Waals surface area contributed by atoms with Crippen LogP contribution in [0, 0.1) is 0 Å². The van der Waals surface area contributed by atoms with E-state index in [9.17, 15) is 0 Å². The summed E-state index contributed by atoms with van der Waals surface area (Å²) in [5.41, 5.74) is 2.47. The smallest absolute Gasteiger partial charge is 0.243 e. The minimum Gasteiger partial charge on any atom is -0.351 e. The van der Waals surface area contributed by atoms with Crippen LogP contribution in [-0.4, -0.2) is 46.6 Å². The fraction of sp³-hybridized carbons (Fsp3) is 0.700. The number of hydrazine groups is 1. The molecule has 0 spiro atoms. The maximum absolute atomic E-state index is 5.37. The van der Waals surface area contributed by atoms with Gasteiger partial charge in [0, 0.05) is 20.1 Å². The Morgan fingerprint density at radius 2 is 1.83 bits per heavy atom. The fourth-order valence-electron chi connectivity index (χ4n) is 1.72. The normalized spacial score (nSPS) is 16.4. The lowest BCUT2D eigenvalue weighted by Gasteiger charge is -2.23. The van der Waals surface area contributed by atoms with Gasteiger partial charge < -0.3 is 10.2 Å². The van der Waals surface area contributed by atoms with E-state index >= 15 is 0 Å². The second-order valence-corrected chi connectivity index (χ2v) is 5.58. The molecule has 0 saturated carbocycles. The number of nitrogens with two attached hydrogens (primary N) is 1. The maximum Gasteiger partial charge on any atom is 0.243 e. The Hall–Kier alpha value is -1.28. The number of aromatic nitrogens is 3. The van der Waals surface area contributed by atoms with Crippen molar-refractivity contribution in [3.05, 3.63) is 0 Å². The van der Waals surface area contributed by atoms with Crippen molar-refractivity contribution >= 4 is 29.6 Å². The molecule has 1 aromatic rings. The zero-order valence-electron chi connectivity index (χ0n) is 10.7. The largest absolute Gasteiger partial charge is 0.351 e. The predicted octanol–water partition coefficient (Wildman–Crippen LogP) is 0.531. The highest BCUT2D eigenvalue weighted by atomic mass is 32.2. The number of nitrogens with one attached hydrogen (secondary N) is 2. The molecule has 0 bridgehead atoms. The van der Waals surface area contributed by atoms with Gasteiger partial charge in [-0.25, -0.2) is 5.84 Å². The van der Waals surface area contributed by atoms with Crippen LogP contribution in [0.1, 0.15) is 12.8 Å². The summed E-state index contributed by atoms with van der Waals surface area (Å²) in [6.07, 6.45) is 2.28. The number of thioether (sulfide) groups is 1. The van der Waals surface area contributed by atoms with E-state index in [2.05, 4.69) is 25.7 Å². The van der Waals surface area contributed by atoms with Crippen LogP contribution in [0.15, 0.2) is 0 Å². The van der Waals surface area contributed by atoms with Gasteiger partial charge in [0.15, 0.2) is 0 Å². The molecule has 2 rings (SSSR count). The highest BCUT2D eigenvalue weighted by molar-refractivity contribution is 7.99. The van der Waals surface area contributed by atoms with Crippen LogP contribution in [-0.2, 0) is 0 Å². The van der Waals surface area contributed by atoms with Gasteiger partial charge in [-0.3, -0.25) is 5.43 Å². The topological polar surface area (TPSA) is 92.0 Å². The number of anilines is 3. The van der Waals surface area contributed by atoms with Crippen molar-refractivity contribution in [2.45, 2.75) is 18.9 Å². The van der Waals surface area contributed by atoms with E-state index in [0.29, 0.717) is 23.9 Å². The van der Waals surface area contributed by atoms with E-state index in [4.69, 9.17) is 5.84 Å². The summed E-state index contributed by atoms with van der Waals surface area (Å²) in [5, 5.41) is 3.35. The van der Waals surface area contributed by atoms with Crippen LogP contribution in [0.3, 0.4) is 0 Å². The number of hydrogen-bond acceptors (Lipinski definition) is 8. The van der Waals surface area contributed by atoms with Gasteiger partial charge in [0.25, 0.3) is 0 Å². The first kappa shape index (κ1) is 13.2. The Labute approximate surface area is 111 Å². The zero-order valence-corrected chi connectivity index (χ0v) is 11.5. The van der Waals surface area contributed by atoms with Crippen LogP contribution in [0.4, 0.5) is 17.8 Å². The number of rotatable bonds is 4. The molecule has 0 aliphatic carbocycles. The van der Waals surface area contributed by atoms with E-state index in [0.717, 1.165) is 12.8 Å². The monoisotopic (exact) mass is 269 g/mol. The van der Waals surface area contributed by atoms with Gasteiger partial charge in [0.2, 0.25) is 17.8 Å². The van der Waals surface area contributed by atoms with Crippen molar-refractivity contribution in [1.29, 1.82) is 0 Å². The molecule has 4 N–H and O–H groups in total. The lowest BCUT2D eigenvalue weighted by molar-refractivity contribution is 0.659. The van der Waals surface area contributed by atoms with Gasteiger partial charge in [0.1, 0.15) is 0 Å². The average Bonchev–Trinajstić information content (AvgIpc) is 2.39. The molecule has 1 aliphatic heterocycles. The fourth-order valence-corrected chi connectivity index (χ4v) is 2.82. The molecule has 1 saturated heterocycles. The molecule has 0 atom stereocenters. The molecule has 0 aromatic carbocycles. The first-order valence-corrected chi connectivity index (χ1v) is 7.09. The standard InChI is InChI=1S/C10H19N7S/c1-17(2)10-14-8(13-9(15-10)16-11)12-7-3-5-18-6-4-7/h7H,3-6,11H2,1-2H3,(H2,12,13,14,15,16). The molecule has 1 fully saturated rings.